The second-order valence-corrected chi connectivity index (χ2v) is 27.3. The number of rotatable bonds is 72. The largest absolute Gasteiger partial charge is 0.545 e. The smallest absolute Gasteiger partial charge is 0.306 e. The number of nitrogens with zero attached hydrogens (tertiary/aromatic N) is 1. The number of carbonyl (C=O) groups excluding carboxylic acids is 3. The zero-order chi connectivity index (χ0) is 63.3. The Morgan fingerprint density at radius 2 is 0.621 bits per heavy atom. The van der Waals surface area contributed by atoms with Crippen LogP contribution in [0.15, 0.2) is 36.5 Å². The van der Waals surface area contributed by atoms with Crippen molar-refractivity contribution < 1.29 is 42.9 Å². The van der Waals surface area contributed by atoms with Crippen molar-refractivity contribution in [2.45, 2.75) is 399 Å². The van der Waals surface area contributed by atoms with Crippen LogP contribution in [0.1, 0.15) is 386 Å². The summed E-state index contributed by atoms with van der Waals surface area (Å²) in [5.74, 6) is -2.25. The second kappa shape index (κ2) is 69.4. The number of esters is 2. The average Bonchev–Trinajstić information content (AvgIpc) is 3.59. The van der Waals surface area contributed by atoms with E-state index in [-0.39, 0.29) is 32.2 Å². The van der Waals surface area contributed by atoms with Gasteiger partial charge in [-0.2, -0.15) is 0 Å². The van der Waals surface area contributed by atoms with Gasteiger partial charge in [0.05, 0.1) is 40.3 Å². The Balaban J connectivity index is 4.01. The SMILES string of the molecule is CCCCCCC/C=C\C/C=C\CCCCCCCCCCCCCCCCCCCCCCCC(=O)OC(COC(=O)CCCCCCCCCCCCCCCCCCC/C=C\CCCCCCCCCC)COC(OCC[N+](C)(C)C)C(=O)[O-]. The van der Waals surface area contributed by atoms with Crippen molar-refractivity contribution >= 4 is 17.9 Å². The maximum Gasteiger partial charge on any atom is 0.306 e. The second-order valence-electron chi connectivity index (χ2n) is 27.3. The molecule has 0 aromatic heterocycles. The van der Waals surface area contributed by atoms with Gasteiger partial charge in [-0.1, -0.05) is 339 Å². The molecule has 0 fully saturated rings. The van der Waals surface area contributed by atoms with Gasteiger partial charge in [-0.3, -0.25) is 9.59 Å². The molecule has 0 aliphatic carbocycles. The Labute approximate surface area is 540 Å². The van der Waals surface area contributed by atoms with Crippen LogP contribution in [0, 0.1) is 0 Å². The summed E-state index contributed by atoms with van der Waals surface area (Å²) >= 11 is 0. The molecule has 0 saturated heterocycles. The van der Waals surface area contributed by atoms with E-state index in [1.165, 1.54) is 315 Å². The minimum atomic E-state index is -1.62. The van der Waals surface area contributed by atoms with Crippen molar-refractivity contribution in [3.05, 3.63) is 36.5 Å². The molecule has 0 amide bonds. The normalized spacial score (nSPS) is 12.8. The van der Waals surface area contributed by atoms with Gasteiger partial charge >= 0.3 is 11.9 Å². The highest BCUT2D eigenvalue weighted by molar-refractivity contribution is 5.70. The first-order chi connectivity index (χ1) is 42.6. The summed E-state index contributed by atoms with van der Waals surface area (Å²) < 4.78 is 22.9. The number of likely N-dealkylation sites (N-methyl/N-ethyl adjacent to an activating group) is 1. The zero-order valence-corrected chi connectivity index (χ0v) is 58.7. The van der Waals surface area contributed by atoms with Gasteiger partial charge in [-0.15, -0.1) is 0 Å². The van der Waals surface area contributed by atoms with Crippen LogP contribution < -0.4 is 5.11 Å². The summed E-state index contributed by atoms with van der Waals surface area (Å²) in [6, 6.07) is 0. The fourth-order valence-electron chi connectivity index (χ4n) is 11.5. The van der Waals surface area contributed by atoms with E-state index in [1.807, 2.05) is 21.1 Å². The van der Waals surface area contributed by atoms with Gasteiger partial charge in [-0.25, -0.2) is 0 Å². The van der Waals surface area contributed by atoms with E-state index >= 15 is 0 Å². The summed E-state index contributed by atoms with van der Waals surface area (Å²) in [6.07, 6.45) is 85.4. The Morgan fingerprint density at radius 3 is 0.920 bits per heavy atom. The van der Waals surface area contributed by atoms with Gasteiger partial charge in [0, 0.05) is 12.8 Å². The van der Waals surface area contributed by atoms with Gasteiger partial charge in [0.15, 0.2) is 12.4 Å². The number of ether oxygens (including phenoxy) is 4. The van der Waals surface area contributed by atoms with Crippen LogP contribution in [0.4, 0.5) is 0 Å². The lowest BCUT2D eigenvalue weighted by Gasteiger charge is -2.26. The third-order valence-corrected chi connectivity index (χ3v) is 17.4. The number of hydrogen-bond donors (Lipinski definition) is 0. The molecule has 0 N–H and O–H groups in total. The third-order valence-electron chi connectivity index (χ3n) is 17.4. The average molecular weight is 1230 g/mol. The van der Waals surface area contributed by atoms with Crippen molar-refractivity contribution in [2.24, 2.45) is 0 Å². The molecule has 0 aliphatic rings. The summed E-state index contributed by atoms with van der Waals surface area (Å²) in [6.45, 7) is 4.81. The Hall–Kier alpha value is -2.49. The molecule has 9 heteroatoms. The number of unbranched alkanes of at least 4 members (excludes halogenated alkanes) is 51. The lowest BCUT2D eigenvalue weighted by Crippen LogP contribution is -2.44. The fraction of sp³-hybridized carbons (Fsp3) is 0.885. The molecule has 0 bridgehead atoms. The number of aliphatic carboxylic acids is 1. The van der Waals surface area contributed by atoms with Crippen molar-refractivity contribution in [3.63, 3.8) is 0 Å². The van der Waals surface area contributed by atoms with E-state index in [2.05, 4.69) is 50.3 Å². The first-order valence-electron chi connectivity index (χ1n) is 38.1. The highest BCUT2D eigenvalue weighted by Gasteiger charge is 2.22. The van der Waals surface area contributed by atoms with Crippen LogP contribution >= 0.6 is 0 Å². The Bertz CT molecular complexity index is 1520. The summed E-state index contributed by atoms with van der Waals surface area (Å²) in [5.41, 5.74) is 0. The summed E-state index contributed by atoms with van der Waals surface area (Å²) in [5, 5.41) is 11.8. The number of carbonyl (C=O) groups is 3. The number of carboxylic acid groups (broad SMARTS) is 1. The lowest BCUT2D eigenvalue weighted by molar-refractivity contribution is -0.870. The van der Waals surface area contributed by atoms with Crippen LogP contribution in [0.25, 0.3) is 0 Å². The maximum atomic E-state index is 13.0. The molecular formula is C78H147NO8. The molecule has 512 valence electrons. The van der Waals surface area contributed by atoms with Gasteiger partial charge in [-0.05, 0) is 70.6 Å². The quantitative estimate of drug-likeness (QED) is 0.0195. The standard InChI is InChI=1S/C78H147NO8/c1-6-8-10-12-14-16-18-20-22-24-26-28-30-32-34-36-37-38-39-41-43-45-47-49-51-53-55-57-59-61-63-65-67-69-76(81)87-74(73-86-78(77(82)83)84-71-70-79(3,4)5)72-85-75(80)68-66-64-62-60-58-56-54-52-50-48-46-44-42-40-35-33-31-29-27-25-23-21-19-17-15-13-11-9-7-2/h18,20,24-27,74,78H,6-17,19,21-23,28-73H2,1-5H3/b20-18-,26-24-,27-25-. The lowest BCUT2D eigenvalue weighted by atomic mass is 10.0. The van der Waals surface area contributed by atoms with E-state index in [0.29, 0.717) is 17.4 Å². The molecule has 9 nitrogen and oxygen atoms in total. The fourth-order valence-corrected chi connectivity index (χ4v) is 11.5. The zero-order valence-electron chi connectivity index (χ0n) is 58.7. The molecule has 0 aliphatic heterocycles. The number of allylic oxidation sites excluding steroid dienone is 6. The molecule has 0 aromatic rings. The van der Waals surface area contributed by atoms with Crippen molar-refractivity contribution in [1.82, 2.24) is 0 Å². The van der Waals surface area contributed by atoms with Crippen LogP contribution in [-0.2, 0) is 33.3 Å². The van der Waals surface area contributed by atoms with Crippen LogP contribution in [0.2, 0.25) is 0 Å². The van der Waals surface area contributed by atoms with E-state index in [1.54, 1.807) is 0 Å². The molecule has 2 atom stereocenters. The van der Waals surface area contributed by atoms with Crippen LogP contribution in [0.3, 0.4) is 0 Å². The van der Waals surface area contributed by atoms with Gasteiger partial charge in [0.2, 0.25) is 0 Å². The van der Waals surface area contributed by atoms with E-state index in [4.69, 9.17) is 18.9 Å². The molecule has 2 unspecified atom stereocenters. The number of quaternary nitrogens is 1. The van der Waals surface area contributed by atoms with E-state index < -0.39 is 24.3 Å². The predicted octanol–water partition coefficient (Wildman–Crippen LogP) is 22.6. The summed E-state index contributed by atoms with van der Waals surface area (Å²) in [7, 11) is 5.95. The molecule has 0 radical (unpaired) electrons. The predicted molar refractivity (Wildman–Crippen MR) is 371 cm³/mol. The molecular weight excluding hydrogens is 1080 g/mol. The van der Waals surface area contributed by atoms with Crippen molar-refractivity contribution in [3.8, 4) is 0 Å². The first-order valence-corrected chi connectivity index (χ1v) is 38.1. The Kier molecular flexibility index (Phi) is 67.4. The Morgan fingerprint density at radius 1 is 0.345 bits per heavy atom. The van der Waals surface area contributed by atoms with Crippen molar-refractivity contribution in [1.29, 1.82) is 0 Å². The number of hydrogen-bond acceptors (Lipinski definition) is 8. The molecule has 0 aromatic carbocycles. The monoisotopic (exact) mass is 1230 g/mol. The topological polar surface area (TPSA) is 111 Å². The van der Waals surface area contributed by atoms with E-state index in [9.17, 15) is 19.5 Å². The first kappa shape index (κ1) is 84.5. The molecule has 87 heavy (non-hydrogen) atoms. The highest BCUT2D eigenvalue weighted by atomic mass is 16.7. The third kappa shape index (κ3) is 70.8. The van der Waals surface area contributed by atoms with Crippen LogP contribution in [-0.4, -0.2) is 82.3 Å². The molecule has 0 heterocycles. The maximum absolute atomic E-state index is 13.0. The molecule has 0 spiro atoms. The van der Waals surface area contributed by atoms with Crippen molar-refractivity contribution in [2.75, 3.05) is 47.5 Å². The summed E-state index contributed by atoms with van der Waals surface area (Å²) in [4.78, 5) is 37.6. The van der Waals surface area contributed by atoms with E-state index in [0.717, 1.165) is 44.9 Å². The minimum absolute atomic E-state index is 0.151. The van der Waals surface area contributed by atoms with Crippen LogP contribution in [0.5, 0.6) is 0 Å². The highest BCUT2D eigenvalue weighted by Crippen LogP contribution is 2.19. The minimum Gasteiger partial charge on any atom is -0.545 e. The van der Waals surface area contributed by atoms with Gasteiger partial charge in [0.1, 0.15) is 13.2 Å². The molecule has 0 rings (SSSR count). The van der Waals surface area contributed by atoms with Gasteiger partial charge in [0.25, 0.3) is 0 Å². The van der Waals surface area contributed by atoms with Gasteiger partial charge < -0.3 is 33.3 Å². The number of carboxylic acids is 1. The molecule has 0 saturated carbocycles.